The number of aliphatic imine (C=N–C) groups is 1. The molecule has 2 aromatic rings. The summed E-state index contributed by atoms with van der Waals surface area (Å²) < 4.78 is 31.2. The molecule has 232 valence electrons. The van der Waals surface area contributed by atoms with Crippen LogP contribution in [0, 0.1) is 5.82 Å². The van der Waals surface area contributed by atoms with Gasteiger partial charge in [-0.2, -0.15) is 0 Å². The first-order valence-electron chi connectivity index (χ1n) is 14.3. The van der Waals surface area contributed by atoms with Gasteiger partial charge in [0.2, 0.25) is 11.6 Å². The molecule has 43 heavy (non-hydrogen) atoms. The molecule has 11 nitrogen and oxygen atoms in total. The van der Waals surface area contributed by atoms with Gasteiger partial charge in [0.05, 0.1) is 31.6 Å². The Morgan fingerprint density at radius 3 is 2.42 bits per heavy atom. The molecule has 0 aliphatic carbocycles. The summed E-state index contributed by atoms with van der Waals surface area (Å²) in [6.45, 7) is 10.5. The minimum atomic E-state index is -1.44. The molecule has 1 atom stereocenters. The van der Waals surface area contributed by atoms with E-state index in [0.717, 1.165) is 24.2 Å². The number of rotatable bonds is 10. The first kappa shape index (κ1) is 31.6. The van der Waals surface area contributed by atoms with Gasteiger partial charge in [0.1, 0.15) is 17.2 Å². The molecule has 3 amide bonds. The maximum absolute atomic E-state index is 15.3. The molecule has 4 rings (SSSR count). The van der Waals surface area contributed by atoms with Gasteiger partial charge in [0.25, 0.3) is 0 Å². The number of carbonyl (C=O) groups is 3. The summed E-state index contributed by atoms with van der Waals surface area (Å²) in [7, 11) is 1.63. The number of piperazine rings is 1. The fourth-order valence-electron chi connectivity index (χ4n) is 5.02. The summed E-state index contributed by atoms with van der Waals surface area (Å²) in [5, 5.41) is 2.55. The highest BCUT2D eigenvalue weighted by Gasteiger charge is 2.46. The van der Waals surface area contributed by atoms with Crippen LogP contribution < -0.4 is 19.9 Å². The van der Waals surface area contributed by atoms with E-state index in [1.54, 1.807) is 40.0 Å². The average Bonchev–Trinajstić information content (AvgIpc) is 3.32. The molecule has 1 N–H and O–H groups in total. The number of hydrogen-bond acceptors (Lipinski definition) is 8. The summed E-state index contributed by atoms with van der Waals surface area (Å²) in [6.07, 6.45) is 0.595. The van der Waals surface area contributed by atoms with E-state index in [1.165, 1.54) is 11.0 Å². The van der Waals surface area contributed by atoms with Gasteiger partial charge in [-0.05, 0) is 76.2 Å². The number of carbonyl (C=O) groups excluding carboxylic acids is 3. The lowest BCUT2D eigenvalue weighted by Gasteiger charge is -2.36. The van der Waals surface area contributed by atoms with Gasteiger partial charge in [0, 0.05) is 32.6 Å². The Balaban J connectivity index is 1.28. The summed E-state index contributed by atoms with van der Waals surface area (Å²) >= 11 is 0. The molecule has 0 radical (unpaired) electrons. The van der Waals surface area contributed by atoms with Gasteiger partial charge in [-0.25, -0.2) is 14.0 Å². The Kier molecular flexibility index (Phi) is 9.77. The standard InChI is InChI=1S/C31H40FN5O6/c1-30(2,3)42-28(39)34-20-31(33-4)21-37(29(40)43-31)23-11-14-26(25(32)19-23)35-15-17-36(18-16-35)27(38)8-6-7-22-9-12-24(41-5)13-10-22/h9-14,19H,4,6-8,15-18,20-21H2,1-3,5H3,(H,34,39)/t31-/m0/s1. The second-order valence-corrected chi connectivity index (χ2v) is 11.6. The predicted molar refractivity (Wildman–Crippen MR) is 161 cm³/mol. The Morgan fingerprint density at radius 1 is 1.12 bits per heavy atom. The van der Waals surface area contributed by atoms with Crippen molar-refractivity contribution in [2.45, 2.75) is 51.4 Å². The van der Waals surface area contributed by atoms with Crippen molar-refractivity contribution in [3.63, 3.8) is 0 Å². The monoisotopic (exact) mass is 597 g/mol. The number of benzene rings is 2. The molecule has 0 saturated carbocycles. The maximum atomic E-state index is 15.3. The highest BCUT2D eigenvalue weighted by Crippen LogP contribution is 2.32. The summed E-state index contributed by atoms with van der Waals surface area (Å²) in [5.74, 6) is 0.400. The van der Waals surface area contributed by atoms with Crippen LogP contribution in [0.3, 0.4) is 0 Å². The Bertz CT molecular complexity index is 1320. The number of cyclic esters (lactones) is 1. The molecule has 0 aromatic heterocycles. The highest BCUT2D eigenvalue weighted by atomic mass is 19.1. The van der Waals surface area contributed by atoms with E-state index in [0.29, 0.717) is 44.0 Å². The molecule has 2 heterocycles. The minimum absolute atomic E-state index is 0.0663. The third-order valence-electron chi connectivity index (χ3n) is 7.33. The van der Waals surface area contributed by atoms with Crippen LogP contribution in [0.5, 0.6) is 5.75 Å². The number of nitrogens with one attached hydrogen (secondary N) is 1. The number of amides is 3. The fraction of sp³-hybridized carbons (Fsp3) is 0.484. The van der Waals surface area contributed by atoms with Crippen LogP contribution in [0.1, 0.15) is 39.2 Å². The third-order valence-corrected chi connectivity index (χ3v) is 7.33. The van der Waals surface area contributed by atoms with Gasteiger partial charge in [-0.3, -0.25) is 14.7 Å². The van der Waals surface area contributed by atoms with E-state index in [9.17, 15) is 14.4 Å². The van der Waals surface area contributed by atoms with Crippen molar-refractivity contribution in [2.75, 3.05) is 56.2 Å². The van der Waals surface area contributed by atoms with Gasteiger partial charge in [-0.1, -0.05) is 12.1 Å². The SMILES string of the molecule is C=N[C@]1(CNC(=O)OC(C)(C)C)CN(c2ccc(N3CCN(C(=O)CCCc4ccc(OC)cc4)CC3)c(F)c2)C(=O)O1. The Morgan fingerprint density at radius 2 is 1.81 bits per heavy atom. The fourth-order valence-corrected chi connectivity index (χ4v) is 5.02. The molecule has 2 saturated heterocycles. The summed E-state index contributed by atoms with van der Waals surface area (Å²) in [4.78, 5) is 46.5. The molecular weight excluding hydrogens is 557 g/mol. The van der Waals surface area contributed by atoms with Crippen LogP contribution >= 0.6 is 0 Å². The van der Waals surface area contributed by atoms with Gasteiger partial charge >= 0.3 is 12.2 Å². The van der Waals surface area contributed by atoms with Crippen molar-refractivity contribution in [3.8, 4) is 5.75 Å². The predicted octanol–water partition coefficient (Wildman–Crippen LogP) is 4.38. The van der Waals surface area contributed by atoms with Gasteiger partial charge in [-0.15, -0.1) is 0 Å². The second kappa shape index (κ2) is 13.3. The molecule has 0 bridgehead atoms. The Hall–Kier alpha value is -4.35. The van der Waals surface area contributed by atoms with Crippen LogP contribution in [0.4, 0.5) is 25.4 Å². The zero-order valence-electron chi connectivity index (χ0n) is 25.2. The molecule has 0 unspecified atom stereocenters. The lowest BCUT2D eigenvalue weighted by Crippen LogP contribution is -2.49. The molecular formula is C31H40FN5O6. The van der Waals surface area contributed by atoms with Crippen molar-refractivity contribution < 1.29 is 33.0 Å². The quantitative estimate of drug-likeness (QED) is 0.405. The first-order chi connectivity index (χ1) is 20.4. The smallest absolute Gasteiger partial charge is 0.416 e. The highest BCUT2D eigenvalue weighted by molar-refractivity contribution is 5.90. The van der Waals surface area contributed by atoms with Gasteiger partial charge in [0.15, 0.2) is 0 Å². The number of hydrogen-bond donors (Lipinski definition) is 1. The zero-order chi connectivity index (χ0) is 31.2. The lowest BCUT2D eigenvalue weighted by molar-refractivity contribution is -0.131. The molecule has 12 heteroatoms. The largest absolute Gasteiger partial charge is 0.497 e. The lowest BCUT2D eigenvalue weighted by atomic mass is 10.1. The van der Waals surface area contributed by atoms with Crippen molar-refractivity contribution >= 4 is 36.2 Å². The van der Waals surface area contributed by atoms with Crippen molar-refractivity contribution in [2.24, 2.45) is 4.99 Å². The molecule has 2 aliphatic heterocycles. The number of aryl methyl sites for hydroxylation is 1. The van der Waals surface area contributed by atoms with Crippen LogP contribution in [0.2, 0.25) is 0 Å². The van der Waals surface area contributed by atoms with Crippen molar-refractivity contribution in [3.05, 3.63) is 53.8 Å². The van der Waals surface area contributed by atoms with Crippen molar-refractivity contribution in [1.29, 1.82) is 0 Å². The van der Waals surface area contributed by atoms with E-state index in [4.69, 9.17) is 14.2 Å². The molecule has 0 spiro atoms. The summed E-state index contributed by atoms with van der Waals surface area (Å²) in [5.41, 5.74) is -0.302. The van der Waals surface area contributed by atoms with E-state index < -0.39 is 29.3 Å². The number of alkyl carbamates (subject to hydrolysis) is 1. The second-order valence-electron chi connectivity index (χ2n) is 11.6. The number of anilines is 2. The molecule has 2 aliphatic rings. The number of halogens is 1. The summed E-state index contributed by atoms with van der Waals surface area (Å²) in [6, 6.07) is 12.4. The maximum Gasteiger partial charge on any atom is 0.416 e. The van der Waals surface area contributed by atoms with E-state index in [1.807, 2.05) is 34.1 Å². The van der Waals surface area contributed by atoms with Gasteiger partial charge < -0.3 is 29.3 Å². The molecule has 2 fully saturated rings. The van der Waals surface area contributed by atoms with E-state index in [2.05, 4.69) is 17.0 Å². The third kappa shape index (κ3) is 8.14. The average molecular weight is 598 g/mol. The van der Waals surface area contributed by atoms with Crippen molar-refractivity contribution in [1.82, 2.24) is 10.2 Å². The van der Waals surface area contributed by atoms with Crippen LogP contribution in [0.15, 0.2) is 47.5 Å². The zero-order valence-corrected chi connectivity index (χ0v) is 25.2. The normalized spacial score (nSPS) is 18.7. The molecule has 2 aromatic carbocycles. The van der Waals surface area contributed by atoms with Crippen LogP contribution in [0.25, 0.3) is 0 Å². The first-order valence-corrected chi connectivity index (χ1v) is 14.3. The van der Waals surface area contributed by atoms with E-state index in [-0.39, 0.29) is 19.0 Å². The van der Waals surface area contributed by atoms with Crippen LogP contribution in [-0.4, -0.2) is 87.4 Å². The minimum Gasteiger partial charge on any atom is -0.497 e. The number of nitrogens with zero attached hydrogens (tertiary/aromatic N) is 4. The van der Waals surface area contributed by atoms with Crippen LogP contribution in [-0.2, 0) is 20.7 Å². The van der Waals surface area contributed by atoms with E-state index >= 15 is 4.39 Å². The number of methoxy groups -OCH3 is 1. The Labute approximate surface area is 251 Å². The topological polar surface area (TPSA) is 113 Å². The number of ether oxygens (including phenoxy) is 3.